The number of hydrogen-bond acceptors (Lipinski definition) is 4. The summed E-state index contributed by atoms with van der Waals surface area (Å²) in [4.78, 5) is 37.1. The van der Waals surface area contributed by atoms with Crippen LogP contribution in [0.2, 0.25) is 0 Å². The van der Waals surface area contributed by atoms with E-state index in [0.29, 0.717) is 31.6 Å². The minimum atomic E-state index is -0.531. The number of nitrogens with zero attached hydrogens (tertiary/aromatic N) is 1. The number of amides is 3. The van der Waals surface area contributed by atoms with E-state index in [1.54, 1.807) is 4.90 Å². The summed E-state index contributed by atoms with van der Waals surface area (Å²) in [5.41, 5.74) is 5.11. The van der Waals surface area contributed by atoms with E-state index in [0.717, 1.165) is 19.3 Å². The number of carbonyl (C=O) groups excluding carboxylic acids is 3. The minimum Gasteiger partial charge on any atom is -0.455 e. The first-order chi connectivity index (χ1) is 11.9. The van der Waals surface area contributed by atoms with Crippen molar-refractivity contribution in [3.63, 3.8) is 0 Å². The van der Waals surface area contributed by atoms with Crippen LogP contribution in [-0.4, -0.2) is 48.5 Å². The molecule has 2 fully saturated rings. The van der Waals surface area contributed by atoms with Crippen molar-refractivity contribution < 1.29 is 19.1 Å². The Hall–Kier alpha value is -1.79. The molecule has 0 radical (unpaired) electrons. The van der Waals surface area contributed by atoms with Crippen molar-refractivity contribution in [2.75, 3.05) is 13.7 Å². The van der Waals surface area contributed by atoms with Gasteiger partial charge in [-0.3, -0.25) is 9.59 Å². The van der Waals surface area contributed by atoms with Gasteiger partial charge in [0.25, 0.3) is 5.91 Å². The first kappa shape index (κ1) is 19.5. The molecule has 2 saturated carbocycles. The highest BCUT2D eigenvalue weighted by molar-refractivity contribution is 5.81. The van der Waals surface area contributed by atoms with Crippen LogP contribution in [-0.2, 0) is 14.3 Å². The molecule has 2 rings (SSSR count). The summed E-state index contributed by atoms with van der Waals surface area (Å²) in [6.45, 7) is 2.00. The maximum absolute atomic E-state index is 12.3. The lowest BCUT2D eigenvalue weighted by molar-refractivity contribution is -0.157. The van der Waals surface area contributed by atoms with Gasteiger partial charge in [0.15, 0.2) is 6.61 Å². The number of esters is 1. The van der Waals surface area contributed by atoms with Crippen molar-refractivity contribution in [2.24, 2.45) is 17.6 Å². The van der Waals surface area contributed by atoms with Crippen molar-refractivity contribution in [2.45, 2.75) is 70.4 Å². The highest BCUT2D eigenvalue weighted by Crippen LogP contribution is 2.28. The van der Waals surface area contributed by atoms with E-state index in [1.165, 1.54) is 6.42 Å². The Labute approximate surface area is 149 Å². The SMILES string of the molecule is CC1CCCCC1N(C)C(=O)COC(=O)C1CCC(NC(N)=O)CC1. The normalized spacial score (nSPS) is 29.5. The number of nitrogens with one attached hydrogen (secondary N) is 1. The van der Waals surface area contributed by atoms with Crippen LogP contribution in [0.3, 0.4) is 0 Å². The van der Waals surface area contributed by atoms with Crippen LogP contribution in [0.5, 0.6) is 0 Å². The van der Waals surface area contributed by atoms with Gasteiger partial charge in [-0.1, -0.05) is 19.8 Å². The Morgan fingerprint density at radius 2 is 1.72 bits per heavy atom. The molecule has 3 amide bonds. The number of urea groups is 1. The van der Waals surface area contributed by atoms with E-state index < -0.39 is 6.03 Å². The lowest BCUT2D eigenvalue weighted by Crippen LogP contribution is -2.45. The molecule has 0 heterocycles. The first-order valence-corrected chi connectivity index (χ1v) is 9.36. The molecule has 3 N–H and O–H groups in total. The van der Waals surface area contributed by atoms with Crippen molar-refractivity contribution >= 4 is 17.9 Å². The average Bonchev–Trinajstić information content (AvgIpc) is 2.59. The third-order valence-corrected chi connectivity index (χ3v) is 5.70. The summed E-state index contributed by atoms with van der Waals surface area (Å²) < 4.78 is 5.26. The standard InChI is InChI=1S/C18H31N3O4/c1-12-5-3-4-6-15(12)21(2)16(22)11-25-17(23)13-7-9-14(10-8-13)20-18(19)24/h12-15H,3-11H2,1-2H3,(H3,19,20,24). The fourth-order valence-corrected chi connectivity index (χ4v) is 4.08. The zero-order valence-corrected chi connectivity index (χ0v) is 15.3. The van der Waals surface area contributed by atoms with Crippen LogP contribution >= 0.6 is 0 Å². The molecule has 2 aliphatic rings. The fraction of sp³-hybridized carbons (Fsp3) is 0.833. The summed E-state index contributed by atoms with van der Waals surface area (Å²) >= 11 is 0. The Bertz CT molecular complexity index is 489. The van der Waals surface area contributed by atoms with Crippen LogP contribution in [0.25, 0.3) is 0 Å². The van der Waals surface area contributed by atoms with Crippen LogP contribution in [0.4, 0.5) is 4.79 Å². The van der Waals surface area contributed by atoms with Gasteiger partial charge < -0.3 is 20.7 Å². The summed E-state index contributed by atoms with van der Waals surface area (Å²) in [6, 6.07) is -0.256. The number of nitrogens with two attached hydrogens (primary N) is 1. The molecule has 0 aliphatic heterocycles. The largest absolute Gasteiger partial charge is 0.455 e. The molecule has 142 valence electrons. The Morgan fingerprint density at radius 3 is 2.32 bits per heavy atom. The molecule has 0 bridgehead atoms. The zero-order chi connectivity index (χ0) is 18.4. The molecule has 25 heavy (non-hydrogen) atoms. The highest BCUT2D eigenvalue weighted by Gasteiger charge is 2.30. The quantitative estimate of drug-likeness (QED) is 0.736. The molecule has 0 aromatic rings. The van der Waals surface area contributed by atoms with E-state index in [1.807, 2.05) is 7.05 Å². The van der Waals surface area contributed by atoms with E-state index in [2.05, 4.69) is 12.2 Å². The van der Waals surface area contributed by atoms with E-state index in [4.69, 9.17) is 10.5 Å². The van der Waals surface area contributed by atoms with Gasteiger partial charge in [0.05, 0.1) is 5.92 Å². The summed E-state index contributed by atoms with van der Waals surface area (Å²) in [5, 5.41) is 2.67. The summed E-state index contributed by atoms with van der Waals surface area (Å²) in [5.74, 6) is -0.142. The van der Waals surface area contributed by atoms with Crippen molar-refractivity contribution in [1.82, 2.24) is 10.2 Å². The lowest BCUT2D eigenvalue weighted by atomic mass is 9.85. The molecule has 7 nitrogen and oxygen atoms in total. The topological polar surface area (TPSA) is 102 Å². The van der Waals surface area contributed by atoms with Crippen LogP contribution in [0, 0.1) is 11.8 Å². The number of rotatable bonds is 5. The molecule has 0 saturated heterocycles. The monoisotopic (exact) mass is 353 g/mol. The summed E-state index contributed by atoms with van der Waals surface area (Å²) in [6.07, 6.45) is 7.24. The highest BCUT2D eigenvalue weighted by atomic mass is 16.5. The van der Waals surface area contributed by atoms with E-state index in [9.17, 15) is 14.4 Å². The van der Waals surface area contributed by atoms with Crippen molar-refractivity contribution in [3.8, 4) is 0 Å². The molecule has 0 spiro atoms. The molecular formula is C18H31N3O4. The van der Waals surface area contributed by atoms with E-state index >= 15 is 0 Å². The van der Waals surface area contributed by atoms with Crippen LogP contribution in [0.1, 0.15) is 58.3 Å². The summed E-state index contributed by atoms with van der Waals surface area (Å²) in [7, 11) is 1.81. The second-order valence-electron chi connectivity index (χ2n) is 7.50. The predicted octanol–water partition coefficient (Wildman–Crippen LogP) is 1.79. The van der Waals surface area contributed by atoms with Gasteiger partial charge in [-0.2, -0.15) is 0 Å². The van der Waals surface area contributed by atoms with Crippen LogP contribution < -0.4 is 11.1 Å². The number of primary amides is 1. The van der Waals surface area contributed by atoms with Gasteiger partial charge in [0.1, 0.15) is 0 Å². The van der Waals surface area contributed by atoms with Gasteiger partial charge in [-0.15, -0.1) is 0 Å². The minimum absolute atomic E-state index is 0.0297. The zero-order valence-electron chi connectivity index (χ0n) is 15.3. The molecule has 0 aromatic carbocycles. The second-order valence-corrected chi connectivity index (χ2v) is 7.50. The Balaban J connectivity index is 1.72. The number of carbonyl (C=O) groups is 3. The third kappa shape index (κ3) is 5.61. The van der Waals surface area contributed by atoms with Gasteiger partial charge in [-0.25, -0.2) is 4.79 Å². The maximum Gasteiger partial charge on any atom is 0.312 e. The van der Waals surface area contributed by atoms with Gasteiger partial charge >= 0.3 is 12.0 Å². The van der Waals surface area contributed by atoms with Gasteiger partial charge in [0, 0.05) is 19.1 Å². The Kier molecular flexibility index (Phi) is 7.08. The predicted molar refractivity (Wildman–Crippen MR) is 93.6 cm³/mol. The van der Waals surface area contributed by atoms with Crippen molar-refractivity contribution in [1.29, 1.82) is 0 Å². The van der Waals surface area contributed by atoms with Crippen molar-refractivity contribution in [3.05, 3.63) is 0 Å². The molecule has 2 aliphatic carbocycles. The average molecular weight is 353 g/mol. The smallest absolute Gasteiger partial charge is 0.312 e. The first-order valence-electron chi connectivity index (χ1n) is 9.36. The number of likely N-dealkylation sites (N-methyl/N-ethyl adjacent to an activating group) is 1. The lowest BCUT2D eigenvalue weighted by Gasteiger charge is -2.36. The number of hydrogen-bond donors (Lipinski definition) is 2. The molecule has 2 unspecified atom stereocenters. The third-order valence-electron chi connectivity index (χ3n) is 5.70. The number of ether oxygens (including phenoxy) is 1. The van der Waals surface area contributed by atoms with E-state index in [-0.39, 0.29) is 36.5 Å². The van der Waals surface area contributed by atoms with Gasteiger partial charge in [0.2, 0.25) is 0 Å². The van der Waals surface area contributed by atoms with Crippen LogP contribution in [0.15, 0.2) is 0 Å². The second kappa shape index (κ2) is 9.06. The maximum atomic E-state index is 12.3. The Morgan fingerprint density at radius 1 is 1.08 bits per heavy atom. The molecule has 7 heteroatoms. The van der Waals surface area contributed by atoms with Gasteiger partial charge in [-0.05, 0) is 44.4 Å². The fourth-order valence-electron chi connectivity index (χ4n) is 4.08. The molecular weight excluding hydrogens is 322 g/mol. The molecule has 0 aromatic heterocycles. The molecule has 2 atom stereocenters.